The summed E-state index contributed by atoms with van der Waals surface area (Å²) in [5, 5.41) is 0. The lowest BCUT2D eigenvalue weighted by molar-refractivity contribution is -0.292. The molecule has 0 amide bonds. The second-order valence-electron chi connectivity index (χ2n) is 4.89. The smallest absolute Gasteiger partial charge is 0.327 e. The predicted octanol–water partition coefficient (Wildman–Crippen LogP) is 4.02. The van der Waals surface area contributed by atoms with Crippen LogP contribution in [0.3, 0.4) is 0 Å². The molecule has 7 heteroatoms. The van der Waals surface area contributed by atoms with Gasteiger partial charge in [0.25, 0.3) is 0 Å². The summed E-state index contributed by atoms with van der Waals surface area (Å²) in [7, 11) is 0. The molecule has 1 fully saturated rings. The van der Waals surface area contributed by atoms with Crippen molar-refractivity contribution < 1.29 is 26.3 Å². The van der Waals surface area contributed by atoms with Gasteiger partial charge in [-0.1, -0.05) is 25.7 Å². The van der Waals surface area contributed by atoms with E-state index in [1.807, 2.05) is 0 Å². The molecule has 1 rings (SSSR count). The molecule has 0 radical (unpaired) electrons. The molecule has 0 aliphatic heterocycles. The van der Waals surface area contributed by atoms with Gasteiger partial charge in [-0.25, -0.2) is 0 Å². The van der Waals surface area contributed by atoms with Crippen LogP contribution in [0.25, 0.3) is 0 Å². The Kier molecular flexibility index (Phi) is 4.91. The van der Waals surface area contributed by atoms with Gasteiger partial charge in [-0.3, -0.25) is 0 Å². The van der Waals surface area contributed by atoms with Crippen molar-refractivity contribution in [1.29, 1.82) is 0 Å². The summed E-state index contributed by atoms with van der Waals surface area (Å²) in [4.78, 5) is 0. The van der Waals surface area contributed by atoms with Crippen LogP contribution >= 0.6 is 0 Å². The number of rotatable bonds is 2. The zero-order valence-electron chi connectivity index (χ0n) is 9.82. The minimum absolute atomic E-state index is 0.351. The number of halogens is 6. The minimum Gasteiger partial charge on any atom is -0.327 e. The maximum absolute atomic E-state index is 12.5. The first kappa shape index (κ1) is 15.6. The van der Waals surface area contributed by atoms with Gasteiger partial charge in [-0.2, -0.15) is 26.3 Å². The van der Waals surface area contributed by atoms with Crippen LogP contribution in [0.5, 0.6) is 0 Å². The molecule has 1 nitrogen and oxygen atoms in total. The lowest BCUT2D eigenvalue weighted by Crippen LogP contribution is -2.52. The third kappa shape index (κ3) is 4.03. The average Bonchev–Trinajstić information content (AvgIpc) is 2.40. The molecule has 2 N–H and O–H groups in total. The van der Waals surface area contributed by atoms with Gasteiger partial charge < -0.3 is 5.73 Å². The number of hydrogen-bond donors (Lipinski definition) is 1. The summed E-state index contributed by atoms with van der Waals surface area (Å²) in [6.07, 6.45) is -6.94. The highest BCUT2D eigenvalue weighted by Crippen LogP contribution is 2.44. The molecule has 0 saturated heterocycles. The van der Waals surface area contributed by atoms with Crippen molar-refractivity contribution in [3.05, 3.63) is 0 Å². The zero-order chi connectivity index (χ0) is 14.0. The maximum Gasteiger partial charge on any atom is 0.402 e. The van der Waals surface area contributed by atoms with Gasteiger partial charge in [0.15, 0.2) is 5.92 Å². The van der Waals surface area contributed by atoms with Crippen LogP contribution in [0.4, 0.5) is 26.3 Å². The summed E-state index contributed by atoms with van der Waals surface area (Å²) in [5.41, 5.74) is 5.29. The highest BCUT2D eigenvalue weighted by atomic mass is 19.4. The Morgan fingerprint density at radius 1 is 0.778 bits per heavy atom. The van der Waals surface area contributed by atoms with Gasteiger partial charge >= 0.3 is 12.4 Å². The van der Waals surface area contributed by atoms with E-state index in [0.29, 0.717) is 25.7 Å². The van der Waals surface area contributed by atoms with E-state index in [1.54, 1.807) is 0 Å². The molecular formula is C11H17F6N. The first-order valence-electron chi connectivity index (χ1n) is 6.03. The van der Waals surface area contributed by atoms with E-state index in [9.17, 15) is 26.3 Å². The fraction of sp³-hybridized carbons (Fsp3) is 1.00. The Hall–Kier alpha value is -0.460. The molecule has 0 bridgehead atoms. The van der Waals surface area contributed by atoms with Crippen LogP contribution in [-0.2, 0) is 0 Å². The van der Waals surface area contributed by atoms with E-state index in [2.05, 4.69) is 0 Å². The van der Waals surface area contributed by atoms with Crippen molar-refractivity contribution >= 4 is 0 Å². The Morgan fingerprint density at radius 2 is 1.17 bits per heavy atom. The summed E-state index contributed by atoms with van der Waals surface area (Å²) < 4.78 is 75.1. The first-order chi connectivity index (χ1) is 8.14. The summed E-state index contributed by atoms with van der Waals surface area (Å²) in [5.74, 6) is -4.10. The molecule has 1 aliphatic rings. The van der Waals surface area contributed by atoms with Gasteiger partial charge in [-0.15, -0.1) is 0 Å². The molecule has 0 aromatic heterocycles. The zero-order valence-corrected chi connectivity index (χ0v) is 9.82. The topological polar surface area (TPSA) is 26.0 Å². The lowest BCUT2D eigenvalue weighted by atomic mass is 9.83. The minimum atomic E-state index is -5.33. The summed E-state index contributed by atoms with van der Waals surface area (Å²) in [6, 6.07) is -1.89. The highest BCUT2D eigenvalue weighted by molar-refractivity contribution is 4.89. The van der Waals surface area contributed by atoms with Crippen molar-refractivity contribution in [3.8, 4) is 0 Å². The van der Waals surface area contributed by atoms with Gasteiger partial charge in [0.05, 0.1) is 0 Å². The fourth-order valence-electron chi connectivity index (χ4n) is 2.59. The van der Waals surface area contributed by atoms with Crippen LogP contribution in [-0.4, -0.2) is 18.4 Å². The molecule has 18 heavy (non-hydrogen) atoms. The third-order valence-corrected chi connectivity index (χ3v) is 3.53. The molecule has 0 heterocycles. The van der Waals surface area contributed by atoms with Gasteiger partial charge in [0.2, 0.25) is 0 Å². The quantitative estimate of drug-likeness (QED) is 0.598. The Balaban J connectivity index is 2.84. The number of nitrogens with two attached hydrogens (primary N) is 1. The van der Waals surface area contributed by atoms with Gasteiger partial charge in [0, 0.05) is 6.04 Å². The van der Waals surface area contributed by atoms with E-state index in [1.165, 1.54) is 0 Å². The Bertz CT molecular complexity index is 237. The van der Waals surface area contributed by atoms with Crippen LogP contribution in [0.1, 0.15) is 38.5 Å². The van der Waals surface area contributed by atoms with Crippen LogP contribution in [0, 0.1) is 11.8 Å². The average molecular weight is 277 g/mol. The van der Waals surface area contributed by atoms with E-state index in [4.69, 9.17) is 5.73 Å². The Labute approximate surface area is 102 Å². The van der Waals surface area contributed by atoms with Crippen molar-refractivity contribution in [1.82, 2.24) is 0 Å². The highest BCUT2D eigenvalue weighted by Gasteiger charge is 2.60. The van der Waals surface area contributed by atoms with E-state index in [0.717, 1.165) is 12.8 Å². The maximum atomic E-state index is 12.5. The normalized spacial score (nSPS) is 22.0. The SMILES string of the molecule is NC(C1CCCCCC1)C(C(F)(F)F)C(F)(F)F. The molecule has 0 spiro atoms. The van der Waals surface area contributed by atoms with Crippen molar-refractivity contribution in [2.24, 2.45) is 17.6 Å². The lowest BCUT2D eigenvalue weighted by Gasteiger charge is -2.33. The van der Waals surface area contributed by atoms with Crippen LogP contribution in [0.2, 0.25) is 0 Å². The van der Waals surface area contributed by atoms with Gasteiger partial charge in [-0.05, 0) is 18.8 Å². The molecule has 108 valence electrons. The van der Waals surface area contributed by atoms with Crippen molar-refractivity contribution in [2.45, 2.75) is 56.9 Å². The van der Waals surface area contributed by atoms with E-state index >= 15 is 0 Å². The molecule has 1 saturated carbocycles. The molecule has 1 atom stereocenters. The first-order valence-corrected chi connectivity index (χ1v) is 6.03. The largest absolute Gasteiger partial charge is 0.402 e. The van der Waals surface area contributed by atoms with Crippen molar-refractivity contribution in [2.75, 3.05) is 0 Å². The monoisotopic (exact) mass is 277 g/mol. The second kappa shape index (κ2) is 5.67. The van der Waals surface area contributed by atoms with E-state index in [-0.39, 0.29) is 0 Å². The fourth-order valence-corrected chi connectivity index (χ4v) is 2.59. The molecule has 0 aromatic carbocycles. The third-order valence-electron chi connectivity index (χ3n) is 3.53. The van der Waals surface area contributed by atoms with E-state index < -0.39 is 30.2 Å². The Morgan fingerprint density at radius 3 is 1.50 bits per heavy atom. The standard InChI is InChI=1S/C11H17F6N/c12-10(13,14)9(11(15,16)17)8(18)7-5-3-1-2-4-6-7/h7-9H,1-6,18H2. The number of alkyl halides is 6. The number of hydrogen-bond acceptors (Lipinski definition) is 1. The van der Waals surface area contributed by atoms with Gasteiger partial charge in [0.1, 0.15) is 0 Å². The summed E-state index contributed by atoms with van der Waals surface area (Å²) >= 11 is 0. The second-order valence-corrected chi connectivity index (χ2v) is 4.89. The molecule has 1 aliphatic carbocycles. The van der Waals surface area contributed by atoms with Crippen LogP contribution < -0.4 is 5.73 Å². The molecular weight excluding hydrogens is 260 g/mol. The van der Waals surface area contributed by atoms with Crippen molar-refractivity contribution in [3.63, 3.8) is 0 Å². The molecule has 0 aromatic rings. The predicted molar refractivity (Wildman–Crippen MR) is 54.8 cm³/mol. The van der Waals surface area contributed by atoms with Crippen LogP contribution in [0.15, 0.2) is 0 Å². The summed E-state index contributed by atoms with van der Waals surface area (Å²) in [6.45, 7) is 0. The molecule has 1 unspecified atom stereocenters.